The van der Waals surface area contributed by atoms with Gasteiger partial charge in [0.1, 0.15) is 18.2 Å². The largest absolute Gasteiger partial charge is 0.488 e. The van der Waals surface area contributed by atoms with Crippen molar-refractivity contribution in [2.75, 3.05) is 13.7 Å². The van der Waals surface area contributed by atoms with Gasteiger partial charge in [-0.05, 0) is 72.4 Å². The third-order valence-electron chi connectivity index (χ3n) is 9.07. The quantitative estimate of drug-likeness (QED) is 0.522. The zero-order valence-electron chi connectivity index (χ0n) is 21.7. The molecule has 0 bridgehead atoms. The molecule has 6 rings (SSSR count). The number of carbonyl (C=O) groups is 1. The van der Waals surface area contributed by atoms with Crippen molar-refractivity contribution >= 4 is 29.1 Å². The molecule has 3 heterocycles. The molecule has 0 spiro atoms. The Bertz CT molecular complexity index is 1460. The van der Waals surface area contributed by atoms with Crippen LogP contribution in [0.1, 0.15) is 73.6 Å². The molecule has 1 aliphatic carbocycles. The van der Waals surface area contributed by atoms with Gasteiger partial charge in [-0.1, -0.05) is 31.2 Å². The molecule has 0 aromatic heterocycles. The molecule has 1 saturated heterocycles. The van der Waals surface area contributed by atoms with Crippen LogP contribution in [-0.4, -0.2) is 35.5 Å². The number of amides is 1. The van der Waals surface area contributed by atoms with E-state index in [0.717, 1.165) is 54.5 Å². The van der Waals surface area contributed by atoms with Crippen LogP contribution >= 0.6 is 11.8 Å². The van der Waals surface area contributed by atoms with Crippen LogP contribution in [0.3, 0.4) is 0 Å². The molecule has 1 unspecified atom stereocenters. The molecule has 3 atom stereocenters. The van der Waals surface area contributed by atoms with E-state index in [9.17, 15) is 15.3 Å². The first-order valence-corrected chi connectivity index (χ1v) is 14.1. The molecule has 7 heteroatoms. The second-order valence-corrected chi connectivity index (χ2v) is 12.6. The van der Waals surface area contributed by atoms with Crippen LogP contribution < -0.4 is 4.74 Å². The van der Waals surface area contributed by atoms with Crippen molar-refractivity contribution in [1.29, 1.82) is 15.9 Å². The van der Waals surface area contributed by atoms with Crippen molar-refractivity contribution in [3.8, 4) is 17.9 Å². The van der Waals surface area contributed by atoms with Crippen molar-refractivity contribution in [3.63, 3.8) is 0 Å². The summed E-state index contributed by atoms with van der Waals surface area (Å²) in [5.41, 5.74) is 4.08. The smallest absolute Gasteiger partial charge is 0.235 e. The number of carbonyl (C=O) groups excluding carboxylic acids is 1. The first-order chi connectivity index (χ1) is 18.3. The number of benzene rings is 2. The summed E-state index contributed by atoms with van der Waals surface area (Å²) in [6.07, 6.45) is 4.82. The zero-order chi connectivity index (χ0) is 26.7. The van der Waals surface area contributed by atoms with E-state index < -0.39 is 5.92 Å². The predicted octanol–water partition coefficient (Wildman–Crippen LogP) is 6.13. The van der Waals surface area contributed by atoms with Crippen LogP contribution in [0.5, 0.6) is 5.75 Å². The van der Waals surface area contributed by atoms with Gasteiger partial charge in [-0.2, -0.15) is 10.5 Å². The van der Waals surface area contributed by atoms with E-state index in [0.29, 0.717) is 24.4 Å². The lowest BCUT2D eigenvalue weighted by Crippen LogP contribution is -2.48. The van der Waals surface area contributed by atoms with Gasteiger partial charge < -0.3 is 9.64 Å². The predicted molar refractivity (Wildman–Crippen MR) is 148 cm³/mol. The van der Waals surface area contributed by atoms with Gasteiger partial charge in [-0.15, -0.1) is 11.8 Å². The summed E-state index contributed by atoms with van der Waals surface area (Å²) in [6.45, 7) is 2.76. The minimum atomic E-state index is -0.413. The van der Waals surface area contributed by atoms with Gasteiger partial charge in [0.2, 0.25) is 5.91 Å². The van der Waals surface area contributed by atoms with Crippen LogP contribution in [0.15, 0.2) is 47.4 Å². The second kappa shape index (κ2) is 9.03. The van der Waals surface area contributed by atoms with E-state index in [-0.39, 0.29) is 22.0 Å². The molecule has 38 heavy (non-hydrogen) atoms. The summed E-state index contributed by atoms with van der Waals surface area (Å²) in [4.78, 5) is 16.8. The molecule has 1 saturated carbocycles. The molecule has 1 amide bonds. The number of amidine groups is 1. The maximum Gasteiger partial charge on any atom is 0.235 e. The van der Waals surface area contributed by atoms with Crippen LogP contribution in [-0.2, 0) is 10.2 Å². The Morgan fingerprint density at radius 2 is 1.89 bits per heavy atom. The Labute approximate surface area is 227 Å². The maximum atomic E-state index is 14.1. The number of thioether (sulfide) groups is 1. The van der Waals surface area contributed by atoms with Crippen LogP contribution in [0.25, 0.3) is 5.57 Å². The highest BCUT2D eigenvalue weighted by Gasteiger charge is 2.51. The number of rotatable bonds is 3. The Balaban J connectivity index is 1.38. The van der Waals surface area contributed by atoms with Crippen molar-refractivity contribution in [3.05, 3.63) is 69.6 Å². The third kappa shape index (κ3) is 3.84. The van der Waals surface area contributed by atoms with Crippen molar-refractivity contribution < 1.29 is 9.53 Å². The number of nitriles is 2. The molecule has 0 radical (unpaired) electrons. The molecule has 4 aliphatic rings. The molecule has 2 aromatic rings. The number of allylic oxidation sites excluding steroid dienone is 1. The summed E-state index contributed by atoms with van der Waals surface area (Å²) in [7, 11) is 1.73. The highest BCUT2D eigenvalue weighted by atomic mass is 32.2. The zero-order valence-corrected chi connectivity index (χ0v) is 22.5. The highest BCUT2D eigenvalue weighted by Crippen LogP contribution is 2.59. The molecular formula is C31H30N4O2S. The average Bonchev–Trinajstić information content (AvgIpc) is 3.61. The first-order valence-electron chi connectivity index (χ1n) is 13.2. The van der Waals surface area contributed by atoms with Gasteiger partial charge >= 0.3 is 0 Å². The second-order valence-electron chi connectivity index (χ2n) is 11.3. The lowest BCUT2D eigenvalue weighted by Gasteiger charge is -2.45. The number of hydrogen-bond acceptors (Lipinski definition) is 6. The van der Waals surface area contributed by atoms with Crippen LogP contribution in [0.4, 0.5) is 0 Å². The topological polar surface area (TPSA) is 101 Å². The normalized spacial score (nSPS) is 27.8. The van der Waals surface area contributed by atoms with Crippen molar-refractivity contribution in [2.24, 2.45) is 5.41 Å². The SMILES string of the molecule is CN1C(=N)CCC[C@](C)(C2CC3=C(COc4ccc(C#N)cc43)S2)[C@@H](c2ccc(C3(C#N)CC3)cc2)C1=O. The maximum absolute atomic E-state index is 14.1. The highest BCUT2D eigenvalue weighted by molar-refractivity contribution is 8.04. The number of nitrogens with zero attached hydrogens (tertiary/aromatic N) is 3. The first kappa shape index (κ1) is 24.8. The van der Waals surface area contributed by atoms with Gasteiger partial charge in [0, 0.05) is 29.2 Å². The Hall–Kier alpha value is -3.55. The molecule has 3 aliphatic heterocycles. The van der Waals surface area contributed by atoms with Gasteiger partial charge in [0.05, 0.1) is 29.0 Å². The van der Waals surface area contributed by atoms with E-state index in [1.807, 2.05) is 48.2 Å². The summed E-state index contributed by atoms with van der Waals surface area (Å²) in [6, 6.07) is 18.5. The number of hydrogen-bond donors (Lipinski definition) is 1. The van der Waals surface area contributed by atoms with Gasteiger partial charge in [-0.3, -0.25) is 10.2 Å². The fourth-order valence-electron chi connectivity index (χ4n) is 6.45. The summed E-state index contributed by atoms with van der Waals surface area (Å²) >= 11 is 1.82. The van der Waals surface area contributed by atoms with E-state index in [2.05, 4.69) is 19.1 Å². The number of nitrogens with one attached hydrogen (secondary N) is 1. The lowest BCUT2D eigenvalue weighted by molar-refractivity contribution is -0.131. The summed E-state index contributed by atoms with van der Waals surface area (Å²) < 4.78 is 6.06. The molecular weight excluding hydrogens is 492 g/mol. The lowest BCUT2D eigenvalue weighted by atomic mass is 9.65. The Morgan fingerprint density at radius 3 is 2.58 bits per heavy atom. The number of fused-ring (bicyclic) bond motifs is 2. The number of likely N-dealkylation sites (tertiary alicyclic amines) is 1. The molecule has 2 fully saturated rings. The Morgan fingerprint density at radius 1 is 1.13 bits per heavy atom. The van der Waals surface area contributed by atoms with Crippen molar-refractivity contribution in [1.82, 2.24) is 4.90 Å². The summed E-state index contributed by atoms with van der Waals surface area (Å²) in [5.74, 6) is 0.724. The molecule has 6 nitrogen and oxygen atoms in total. The standard InChI is InChI=1S/C31H30N4O2S/c1-30(26-15-23-22-14-19(16-32)5-10-24(22)37-17-25(23)38-26)11-3-4-27(34)35(2)29(36)28(30)20-6-8-21(9-7-20)31(18-33)12-13-31/h5-10,14,26,28,34H,3-4,11-13,15,17H2,1-2H3/t26?,28-,30+/m0/s1. The van der Waals surface area contributed by atoms with Crippen LogP contribution in [0, 0.1) is 33.5 Å². The average molecular weight is 523 g/mol. The van der Waals surface area contributed by atoms with E-state index >= 15 is 0 Å². The fourth-order valence-corrected chi connectivity index (χ4v) is 8.03. The fraction of sp³-hybridized carbons (Fsp3) is 0.419. The van der Waals surface area contributed by atoms with E-state index in [1.54, 1.807) is 13.1 Å². The number of likely N-dealkylation sites (N-methyl/N-ethyl adjacent to an activating group) is 1. The number of ether oxygens (including phenoxy) is 1. The summed E-state index contributed by atoms with van der Waals surface area (Å²) in [5, 5.41) is 27.8. The van der Waals surface area contributed by atoms with E-state index in [1.165, 1.54) is 15.4 Å². The molecule has 1 N–H and O–H groups in total. The monoisotopic (exact) mass is 522 g/mol. The van der Waals surface area contributed by atoms with E-state index in [4.69, 9.17) is 10.1 Å². The molecule has 192 valence electrons. The van der Waals surface area contributed by atoms with Gasteiger partial charge in [0.25, 0.3) is 0 Å². The minimum Gasteiger partial charge on any atom is -0.488 e. The third-order valence-corrected chi connectivity index (χ3v) is 10.7. The molecule has 2 aromatic carbocycles. The van der Waals surface area contributed by atoms with Crippen molar-refractivity contribution in [2.45, 2.75) is 62.0 Å². The minimum absolute atomic E-state index is 0.0414. The Kier molecular flexibility index (Phi) is 5.89. The van der Waals surface area contributed by atoms with Gasteiger partial charge in [0.15, 0.2) is 0 Å². The van der Waals surface area contributed by atoms with Gasteiger partial charge in [-0.25, -0.2) is 0 Å². The van der Waals surface area contributed by atoms with Crippen LogP contribution in [0.2, 0.25) is 0 Å².